The van der Waals surface area contributed by atoms with Gasteiger partial charge in [-0.2, -0.15) is 0 Å². The number of alkyl halides is 2. The van der Waals surface area contributed by atoms with Crippen molar-refractivity contribution < 1.29 is 22.7 Å². The molecule has 0 spiro atoms. The molecule has 1 heterocycles. The minimum Gasteiger partial charge on any atom is -0.469 e. The molecule has 0 bridgehead atoms. The highest BCUT2D eigenvalue weighted by molar-refractivity contribution is 5.74. The SMILES string of the molecule is COC(=O)Cc1c(F)cc(C(F)F)nc1N. The monoisotopic (exact) mass is 234 g/mol. The fraction of sp³-hybridized carbons (Fsp3) is 0.333. The number of halogens is 3. The first kappa shape index (κ1) is 12.3. The Morgan fingerprint density at radius 3 is 2.69 bits per heavy atom. The summed E-state index contributed by atoms with van der Waals surface area (Å²) in [5.74, 6) is -2.15. The number of methoxy groups -OCH3 is 1. The predicted molar refractivity (Wildman–Crippen MR) is 49.3 cm³/mol. The molecule has 0 fully saturated rings. The number of esters is 1. The maximum absolute atomic E-state index is 13.3. The lowest BCUT2D eigenvalue weighted by Gasteiger charge is -2.07. The first-order chi connectivity index (χ1) is 7.45. The van der Waals surface area contributed by atoms with Crippen LogP contribution in [0.2, 0.25) is 0 Å². The zero-order valence-corrected chi connectivity index (χ0v) is 8.34. The van der Waals surface area contributed by atoms with Gasteiger partial charge in [0.15, 0.2) is 0 Å². The third-order valence-electron chi connectivity index (χ3n) is 1.89. The molecule has 1 aromatic rings. The van der Waals surface area contributed by atoms with Gasteiger partial charge < -0.3 is 10.5 Å². The highest BCUT2D eigenvalue weighted by Gasteiger charge is 2.18. The molecule has 4 nitrogen and oxygen atoms in total. The Morgan fingerprint density at radius 2 is 2.25 bits per heavy atom. The van der Waals surface area contributed by atoms with E-state index in [2.05, 4.69) is 9.72 Å². The molecule has 1 rings (SSSR count). The van der Waals surface area contributed by atoms with Crippen LogP contribution < -0.4 is 5.73 Å². The molecule has 16 heavy (non-hydrogen) atoms. The van der Waals surface area contributed by atoms with Crippen molar-refractivity contribution in [2.75, 3.05) is 12.8 Å². The van der Waals surface area contributed by atoms with Crippen LogP contribution >= 0.6 is 0 Å². The minimum absolute atomic E-state index is 0.240. The molecular weight excluding hydrogens is 225 g/mol. The van der Waals surface area contributed by atoms with E-state index in [-0.39, 0.29) is 5.56 Å². The molecule has 7 heteroatoms. The normalized spacial score (nSPS) is 10.6. The van der Waals surface area contributed by atoms with E-state index in [0.717, 1.165) is 7.11 Å². The average Bonchev–Trinajstić information content (AvgIpc) is 2.22. The third-order valence-corrected chi connectivity index (χ3v) is 1.89. The van der Waals surface area contributed by atoms with Crippen LogP contribution in [-0.2, 0) is 16.0 Å². The minimum atomic E-state index is -2.91. The molecule has 0 saturated heterocycles. The highest BCUT2D eigenvalue weighted by atomic mass is 19.3. The molecule has 88 valence electrons. The average molecular weight is 234 g/mol. The topological polar surface area (TPSA) is 65.2 Å². The van der Waals surface area contributed by atoms with Crippen LogP contribution in [0.25, 0.3) is 0 Å². The number of nitrogen functional groups attached to an aromatic ring is 1. The number of ether oxygens (including phenoxy) is 1. The Balaban J connectivity index is 3.07. The molecule has 0 aliphatic carbocycles. The van der Waals surface area contributed by atoms with Crippen molar-refractivity contribution in [2.45, 2.75) is 12.8 Å². The summed E-state index contributed by atoms with van der Waals surface area (Å²) in [6.07, 6.45) is -3.35. The quantitative estimate of drug-likeness (QED) is 0.804. The van der Waals surface area contributed by atoms with Gasteiger partial charge in [0.05, 0.1) is 13.5 Å². The summed E-state index contributed by atoms with van der Waals surface area (Å²) >= 11 is 0. The molecule has 0 radical (unpaired) electrons. The molecule has 0 aliphatic heterocycles. The highest BCUT2D eigenvalue weighted by Crippen LogP contribution is 2.22. The molecule has 0 aliphatic rings. The Kier molecular flexibility index (Phi) is 3.70. The number of carbonyl (C=O) groups is 1. The van der Waals surface area contributed by atoms with E-state index >= 15 is 0 Å². The van der Waals surface area contributed by atoms with E-state index in [9.17, 15) is 18.0 Å². The Hall–Kier alpha value is -1.79. The summed E-state index contributed by atoms with van der Waals surface area (Å²) in [4.78, 5) is 14.2. The number of nitrogens with two attached hydrogens (primary N) is 1. The number of aromatic nitrogens is 1. The summed E-state index contributed by atoms with van der Waals surface area (Å²) in [6, 6.07) is 0.555. The van der Waals surface area contributed by atoms with E-state index in [0.29, 0.717) is 6.07 Å². The van der Waals surface area contributed by atoms with Gasteiger partial charge in [0.25, 0.3) is 6.43 Å². The number of carbonyl (C=O) groups excluding carboxylic acids is 1. The summed E-state index contributed by atoms with van der Waals surface area (Å²) in [5, 5.41) is 0. The maximum atomic E-state index is 13.3. The largest absolute Gasteiger partial charge is 0.469 e. The second kappa shape index (κ2) is 4.82. The van der Waals surface area contributed by atoms with Crippen LogP contribution in [0.4, 0.5) is 19.0 Å². The van der Waals surface area contributed by atoms with E-state index in [1.807, 2.05) is 0 Å². The van der Waals surface area contributed by atoms with Gasteiger partial charge in [-0.25, -0.2) is 18.2 Å². The van der Waals surface area contributed by atoms with Crippen molar-refractivity contribution in [3.05, 3.63) is 23.1 Å². The van der Waals surface area contributed by atoms with Gasteiger partial charge in [0.2, 0.25) is 0 Å². The third kappa shape index (κ3) is 2.62. The molecular formula is C9H9F3N2O2. The summed E-state index contributed by atoms with van der Waals surface area (Å²) in [7, 11) is 1.12. The van der Waals surface area contributed by atoms with Crippen molar-refractivity contribution in [1.29, 1.82) is 0 Å². The van der Waals surface area contributed by atoms with Crippen LogP contribution in [0, 0.1) is 5.82 Å². The summed E-state index contributed by atoms with van der Waals surface area (Å²) in [5.41, 5.74) is 4.27. The Labute approximate surface area is 89.2 Å². The molecule has 0 atom stereocenters. The van der Waals surface area contributed by atoms with E-state index < -0.39 is 36.1 Å². The summed E-state index contributed by atoms with van der Waals surface area (Å²) in [6.45, 7) is 0. The van der Waals surface area contributed by atoms with Gasteiger partial charge in [-0.15, -0.1) is 0 Å². The van der Waals surface area contributed by atoms with E-state index in [1.165, 1.54) is 0 Å². The van der Waals surface area contributed by atoms with Crippen LogP contribution in [0.3, 0.4) is 0 Å². The van der Waals surface area contributed by atoms with Gasteiger partial charge in [-0.1, -0.05) is 0 Å². The van der Waals surface area contributed by atoms with Crippen molar-refractivity contribution in [3.63, 3.8) is 0 Å². The van der Waals surface area contributed by atoms with Crippen LogP contribution in [0.15, 0.2) is 6.07 Å². The van der Waals surface area contributed by atoms with Gasteiger partial charge in [0, 0.05) is 11.6 Å². The van der Waals surface area contributed by atoms with E-state index in [1.54, 1.807) is 0 Å². The lowest BCUT2D eigenvalue weighted by Crippen LogP contribution is -2.11. The number of hydrogen-bond donors (Lipinski definition) is 1. The van der Waals surface area contributed by atoms with Crippen LogP contribution in [0.5, 0.6) is 0 Å². The zero-order valence-electron chi connectivity index (χ0n) is 8.34. The fourth-order valence-corrected chi connectivity index (χ4v) is 1.08. The molecule has 1 aromatic heterocycles. The second-order valence-corrected chi connectivity index (χ2v) is 2.95. The Morgan fingerprint density at radius 1 is 1.62 bits per heavy atom. The van der Waals surface area contributed by atoms with Crippen molar-refractivity contribution in [2.24, 2.45) is 0 Å². The number of rotatable bonds is 3. The van der Waals surface area contributed by atoms with Crippen molar-refractivity contribution in [1.82, 2.24) is 4.98 Å². The van der Waals surface area contributed by atoms with Gasteiger partial charge in [-0.3, -0.25) is 4.79 Å². The second-order valence-electron chi connectivity index (χ2n) is 2.95. The van der Waals surface area contributed by atoms with E-state index in [4.69, 9.17) is 5.73 Å². The smallest absolute Gasteiger partial charge is 0.310 e. The fourth-order valence-electron chi connectivity index (χ4n) is 1.08. The molecule has 0 saturated carbocycles. The first-order valence-corrected chi connectivity index (χ1v) is 4.25. The van der Waals surface area contributed by atoms with Crippen molar-refractivity contribution >= 4 is 11.8 Å². The lowest BCUT2D eigenvalue weighted by atomic mass is 10.1. The van der Waals surface area contributed by atoms with Gasteiger partial charge in [-0.05, 0) is 0 Å². The first-order valence-electron chi connectivity index (χ1n) is 4.25. The van der Waals surface area contributed by atoms with Crippen molar-refractivity contribution in [3.8, 4) is 0 Å². The molecule has 2 N–H and O–H groups in total. The zero-order chi connectivity index (χ0) is 12.3. The number of pyridine rings is 1. The number of anilines is 1. The van der Waals surface area contributed by atoms with Crippen LogP contribution in [-0.4, -0.2) is 18.1 Å². The molecule has 0 unspecified atom stereocenters. The standard InChI is InChI=1S/C9H9F3N2O2/c1-16-7(15)2-4-5(10)3-6(8(11)12)14-9(4)13/h3,8H,2H2,1H3,(H2,13,14). The van der Waals surface area contributed by atoms with Gasteiger partial charge in [0.1, 0.15) is 17.3 Å². The number of nitrogens with zero attached hydrogens (tertiary/aromatic N) is 1. The predicted octanol–water partition coefficient (Wildman–Crippen LogP) is 1.46. The summed E-state index contributed by atoms with van der Waals surface area (Å²) < 4.78 is 42.0. The molecule has 0 aromatic carbocycles. The number of hydrogen-bond acceptors (Lipinski definition) is 4. The molecule has 0 amide bonds. The van der Waals surface area contributed by atoms with Gasteiger partial charge >= 0.3 is 5.97 Å². The lowest BCUT2D eigenvalue weighted by molar-refractivity contribution is -0.139. The Bertz CT molecular complexity index is 387. The maximum Gasteiger partial charge on any atom is 0.310 e. The van der Waals surface area contributed by atoms with Crippen LogP contribution in [0.1, 0.15) is 17.7 Å².